The van der Waals surface area contributed by atoms with Gasteiger partial charge < -0.3 is 5.32 Å². The number of nitrogens with zero attached hydrogens (tertiary/aromatic N) is 4. The van der Waals surface area contributed by atoms with E-state index in [1.807, 2.05) is 30.8 Å². The molecule has 1 saturated heterocycles. The van der Waals surface area contributed by atoms with Gasteiger partial charge in [-0.15, -0.1) is 5.10 Å². The molecule has 1 fully saturated rings. The Kier molecular flexibility index (Phi) is 3.91. The maximum Gasteiger partial charge on any atom is 0.153 e. The quantitative estimate of drug-likeness (QED) is 0.941. The summed E-state index contributed by atoms with van der Waals surface area (Å²) in [7, 11) is 0. The molecule has 1 aliphatic heterocycles. The summed E-state index contributed by atoms with van der Waals surface area (Å²) in [6.07, 6.45) is 2.53. The summed E-state index contributed by atoms with van der Waals surface area (Å²) in [6, 6.07) is 8.82. The van der Waals surface area contributed by atoms with E-state index in [1.54, 1.807) is 4.68 Å². The van der Waals surface area contributed by atoms with Crippen LogP contribution in [-0.4, -0.2) is 37.3 Å². The van der Waals surface area contributed by atoms with E-state index in [0.29, 0.717) is 11.3 Å². The van der Waals surface area contributed by atoms with Gasteiger partial charge in [-0.2, -0.15) is 16.4 Å². The van der Waals surface area contributed by atoms with Crippen molar-refractivity contribution in [3.05, 3.63) is 30.1 Å². The molecule has 1 aromatic carbocycles. The number of benzene rings is 1. The van der Waals surface area contributed by atoms with E-state index in [4.69, 9.17) is 0 Å². The van der Waals surface area contributed by atoms with Crippen LogP contribution in [-0.2, 0) is 0 Å². The number of nitrogens with one attached hydrogen (secondary N) is 1. The second-order valence-corrected chi connectivity index (χ2v) is 6.64. The van der Waals surface area contributed by atoms with Gasteiger partial charge in [0.05, 0.1) is 5.69 Å². The molecule has 0 saturated carbocycles. The molecule has 2 aromatic rings. The third-order valence-corrected chi connectivity index (χ3v) is 5.05. The van der Waals surface area contributed by atoms with Crippen molar-refractivity contribution in [2.45, 2.75) is 38.0 Å². The van der Waals surface area contributed by atoms with Crippen molar-refractivity contribution in [1.82, 2.24) is 20.2 Å². The van der Waals surface area contributed by atoms with Gasteiger partial charge in [-0.25, -0.2) is 0 Å². The van der Waals surface area contributed by atoms with Crippen molar-refractivity contribution in [1.29, 1.82) is 0 Å². The first-order valence-electron chi connectivity index (χ1n) is 6.97. The number of hydrogen-bond donors (Lipinski definition) is 1. The van der Waals surface area contributed by atoms with Crippen LogP contribution in [0.2, 0.25) is 0 Å². The van der Waals surface area contributed by atoms with Crippen molar-refractivity contribution >= 4 is 17.4 Å². The minimum atomic E-state index is 0.541. The Bertz CT molecular complexity index is 582. The fourth-order valence-corrected chi connectivity index (χ4v) is 3.67. The molecular weight excluding hydrogens is 270 g/mol. The van der Waals surface area contributed by atoms with Crippen molar-refractivity contribution in [3.63, 3.8) is 0 Å². The Balaban J connectivity index is 1.79. The minimum absolute atomic E-state index is 0.541. The fourth-order valence-electron chi connectivity index (χ4n) is 2.52. The van der Waals surface area contributed by atoms with Gasteiger partial charge in [-0.3, -0.25) is 0 Å². The zero-order chi connectivity index (χ0) is 13.9. The number of tetrazole rings is 1. The summed E-state index contributed by atoms with van der Waals surface area (Å²) in [5, 5.41) is 15.9. The van der Waals surface area contributed by atoms with Gasteiger partial charge >= 0.3 is 0 Å². The maximum atomic E-state index is 4.01. The van der Waals surface area contributed by atoms with Crippen LogP contribution in [0.4, 0.5) is 5.69 Å². The lowest BCUT2D eigenvalue weighted by Crippen LogP contribution is -2.32. The van der Waals surface area contributed by atoms with Crippen molar-refractivity contribution in [2.75, 3.05) is 11.1 Å². The number of thioether (sulfide) groups is 1. The second kappa shape index (κ2) is 5.83. The molecule has 6 heteroatoms. The van der Waals surface area contributed by atoms with Crippen LogP contribution in [0, 0.1) is 6.92 Å². The van der Waals surface area contributed by atoms with Gasteiger partial charge in [0.1, 0.15) is 0 Å². The van der Waals surface area contributed by atoms with Crippen LogP contribution in [0.3, 0.4) is 0 Å². The summed E-state index contributed by atoms with van der Waals surface area (Å²) in [5.74, 6) is 2.08. The summed E-state index contributed by atoms with van der Waals surface area (Å²) in [6.45, 7) is 4.21. The molecule has 0 radical (unpaired) electrons. The third-order valence-electron chi connectivity index (χ3n) is 3.68. The average molecular weight is 289 g/mol. The summed E-state index contributed by atoms with van der Waals surface area (Å²) >= 11 is 2.05. The number of anilines is 1. The Morgan fingerprint density at radius 3 is 3.05 bits per heavy atom. The molecular formula is C14H19N5S. The molecule has 0 spiro atoms. The number of aromatic nitrogens is 4. The summed E-state index contributed by atoms with van der Waals surface area (Å²) < 4.78 is 1.75. The first kappa shape index (κ1) is 13.4. The van der Waals surface area contributed by atoms with Gasteiger partial charge in [0.15, 0.2) is 5.82 Å². The second-order valence-electron chi connectivity index (χ2n) is 5.16. The molecule has 1 aliphatic rings. The highest BCUT2D eigenvalue weighted by atomic mass is 32.2. The topological polar surface area (TPSA) is 55.6 Å². The molecule has 2 heterocycles. The molecule has 0 bridgehead atoms. The predicted molar refractivity (Wildman–Crippen MR) is 82.5 cm³/mol. The van der Waals surface area contributed by atoms with Crippen molar-refractivity contribution < 1.29 is 0 Å². The summed E-state index contributed by atoms with van der Waals surface area (Å²) in [5.41, 5.74) is 2.13. The monoisotopic (exact) mass is 289 g/mol. The molecule has 106 valence electrons. The Morgan fingerprint density at radius 1 is 1.40 bits per heavy atom. The Labute approximate surface area is 123 Å². The third kappa shape index (κ3) is 2.80. The van der Waals surface area contributed by atoms with E-state index in [0.717, 1.165) is 17.2 Å². The highest BCUT2D eigenvalue weighted by Crippen LogP contribution is 2.28. The standard InChI is InChI=1S/C14H19N5S/c1-10-14(7-4-8-20-10)15-12-5-3-6-13(9-12)19-11(2)16-17-18-19/h3,5-6,9-10,14-15H,4,7-8H2,1-2H3. The van der Waals surface area contributed by atoms with Gasteiger partial charge in [-0.05, 0) is 54.1 Å². The van der Waals surface area contributed by atoms with Crippen LogP contribution in [0.25, 0.3) is 5.69 Å². The van der Waals surface area contributed by atoms with E-state index in [-0.39, 0.29) is 0 Å². The molecule has 0 amide bonds. The average Bonchev–Trinajstić information content (AvgIpc) is 2.88. The largest absolute Gasteiger partial charge is 0.381 e. The number of aryl methyl sites for hydroxylation is 1. The predicted octanol–water partition coefficient (Wildman–Crippen LogP) is 2.67. The molecule has 1 aromatic heterocycles. The van der Waals surface area contributed by atoms with Crippen LogP contribution < -0.4 is 5.32 Å². The highest BCUT2D eigenvalue weighted by Gasteiger charge is 2.21. The van der Waals surface area contributed by atoms with E-state index < -0.39 is 0 Å². The molecule has 0 aliphatic carbocycles. The van der Waals surface area contributed by atoms with E-state index in [2.05, 4.69) is 39.9 Å². The summed E-state index contributed by atoms with van der Waals surface area (Å²) in [4.78, 5) is 0. The first-order chi connectivity index (χ1) is 9.74. The fraction of sp³-hybridized carbons (Fsp3) is 0.500. The smallest absolute Gasteiger partial charge is 0.153 e. The van der Waals surface area contributed by atoms with Gasteiger partial charge in [0.2, 0.25) is 0 Å². The van der Waals surface area contributed by atoms with Crippen LogP contribution >= 0.6 is 11.8 Å². The molecule has 5 nitrogen and oxygen atoms in total. The molecule has 1 N–H and O–H groups in total. The SMILES string of the molecule is Cc1nnnn1-c1cccc(NC2CCCSC2C)c1. The lowest BCUT2D eigenvalue weighted by Gasteiger charge is -2.30. The Hall–Kier alpha value is -1.56. The van der Waals surface area contributed by atoms with Crippen LogP contribution in [0.15, 0.2) is 24.3 Å². The molecule has 2 atom stereocenters. The first-order valence-corrected chi connectivity index (χ1v) is 8.02. The maximum absolute atomic E-state index is 4.01. The number of rotatable bonds is 3. The zero-order valence-electron chi connectivity index (χ0n) is 11.8. The van der Waals surface area contributed by atoms with Crippen LogP contribution in [0.5, 0.6) is 0 Å². The minimum Gasteiger partial charge on any atom is -0.381 e. The molecule has 3 rings (SSSR count). The van der Waals surface area contributed by atoms with Gasteiger partial charge in [0, 0.05) is 17.0 Å². The van der Waals surface area contributed by atoms with E-state index in [9.17, 15) is 0 Å². The van der Waals surface area contributed by atoms with Gasteiger partial charge in [0.25, 0.3) is 0 Å². The number of hydrogen-bond acceptors (Lipinski definition) is 5. The lowest BCUT2D eigenvalue weighted by atomic mass is 10.1. The van der Waals surface area contributed by atoms with Gasteiger partial charge in [-0.1, -0.05) is 13.0 Å². The van der Waals surface area contributed by atoms with Crippen molar-refractivity contribution in [2.24, 2.45) is 0 Å². The van der Waals surface area contributed by atoms with E-state index >= 15 is 0 Å². The zero-order valence-corrected chi connectivity index (χ0v) is 12.6. The van der Waals surface area contributed by atoms with E-state index in [1.165, 1.54) is 18.6 Å². The normalized spacial score (nSPS) is 22.7. The van der Waals surface area contributed by atoms with Crippen molar-refractivity contribution in [3.8, 4) is 5.69 Å². The van der Waals surface area contributed by atoms with Crippen LogP contribution in [0.1, 0.15) is 25.6 Å². The lowest BCUT2D eigenvalue weighted by molar-refractivity contribution is 0.617. The molecule has 2 unspecified atom stereocenters. The Morgan fingerprint density at radius 2 is 2.30 bits per heavy atom. The molecule has 20 heavy (non-hydrogen) atoms. The highest BCUT2D eigenvalue weighted by molar-refractivity contribution is 8.00.